The molecular formula is C20H42. The second kappa shape index (κ2) is 7.85. The average molecular weight is 283 g/mol. The molecule has 20 heavy (non-hydrogen) atoms. The second-order valence-electron chi connectivity index (χ2n) is 9.33. The lowest BCUT2D eigenvalue weighted by Gasteiger charge is -2.42. The molecule has 0 radical (unpaired) electrons. The van der Waals surface area contributed by atoms with Gasteiger partial charge in [0.25, 0.3) is 0 Å². The molecule has 0 saturated heterocycles. The van der Waals surface area contributed by atoms with Crippen LogP contribution >= 0.6 is 0 Å². The number of rotatable bonds is 8. The molecule has 0 rings (SSSR count). The first-order chi connectivity index (χ1) is 8.94. The van der Waals surface area contributed by atoms with Crippen molar-refractivity contribution in [3.05, 3.63) is 0 Å². The molecule has 0 aromatic rings. The summed E-state index contributed by atoms with van der Waals surface area (Å²) >= 11 is 0. The topological polar surface area (TPSA) is 0 Å². The zero-order valence-corrected chi connectivity index (χ0v) is 16.1. The van der Waals surface area contributed by atoms with Crippen LogP contribution in [-0.2, 0) is 0 Å². The van der Waals surface area contributed by atoms with Gasteiger partial charge in [0.1, 0.15) is 0 Å². The Balaban J connectivity index is 5.05. The molecule has 0 amide bonds. The van der Waals surface area contributed by atoms with Gasteiger partial charge in [0, 0.05) is 0 Å². The monoisotopic (exact) mass is 282 g/mol. The van der Waals surface area contributed by atoms with Crippen molar-refractivity contribution in [3.8, 4) is 0 Å². The summed E-state index contributed by atoms with van der Waals surface area (Å²) in [6.07, 6.45) is 5.40. The van der Waals surface area contributed by atoms with Gasteiger partial charge in [-0.2, -0.15) is 0 Å². The first kappa shape index (κ1) is 20.0. The molecule has 0 aliphatic rings. The van der Waals surface area contributed by atoms with E-state index in [0.29, 0.717) is 10.8 Å². The summed E-state index contributed by atoms with van der Waals surface area (Å²) in [5.41, 5.74) is 0.928. The van der Waals surface area contributed by atoms with Gasteiger partial charge in [0.2, 0.25) is 0 Å². The summed E-state index contributed by atoms with van der Waals surface area (Å²) in [4.78, 5) is 0. The molecule has 0 nitrogen and oxygen atoms in total. The molecule has 0 heterocycles. The normalized spacial score (nSPS) is 18.1. The van der Waals surface area contributed by atoms with Crippen LogP contribution in [0.1, 0.15) is 94.9 Å². The van der Waals surface area contributed by atoms with Crippen molar-refractivity contribution >= 4 is 0 Å². The van der Waals surface area contributed by atoms with E-state index in [4.69, 9.17) is 0 Å². The Morgan fingerprint density at radius 2 is 1.35 bits per heavy atom. The second-order valence-corrected chi connectivity index (χ2v) is 9.33. The Labute approximate surface area is 130 Å². The number of hydrogen-bond donors (Lipinski definition) is 0. The van der Waals surface area contributed by atoms with Gasteiger partial charge in [0.15, 0.2) is 0 Å². The highest BCUT2D eigenvalue weighted by atomic mass is 14.4. The van der Waals surface area contributed by atoms with Crippen LogP contribution in [-0.4, -0.2) is 0 Å². The predicted molar refractivity (Wildman–Crippen MR) is 94.0 cm³/mol. The van der Waals surface area contributed by atoms with Crippen molar-refractivity contribution in [3.63, 3.8) is 0 Å². The highest BCUT2D eigenvalue weighted by Gasteiger charge is 2.35. The summed E-state index contributed by atoms with van der Waals surface area (Å²) in [5.74, 6) is 3.34. The largest absolute Gasteiger partial charge is 0.0651 e. The van der Waals surface area contributed by atoms with Gasteiger partial charge in [0.05, 0.1) is 0 Å². The molecule has 3 unspecified atom stereocenters. The Kier molecular flexibility index (Phi) is 7.85. The standard InChI is InChI=1S/C20H42/c1-11-17(14-19(6,7)8)13-18(16(5)15(3)4)20(9,10)12-2/h15-18H,11-14H2,1-10H3. The SMILES string of the molecule is CCC(CC(C(C)C(C)C)C(C)(C)CC)CC(C)(C)C. The molecular weight excluding hydrogens is 240 g/mol. The minimum atomic E-state index is 0.461. The molecule has 0 saturated carbocycles. The summed E-state index contributed by atoms with van der Waals surface area (Å²) in [6.45, 7) is 24.2. The summed E-state index contributed by atoms with van der Waals surface area (Å²) in [5, 5.41) is 0. The first-order valence-electron chi connectivity index (χ1n) is 8.94. The van der Waals surface area contributed by atoms with Crippen LogP contribution in [0.5, 0.6) is 0 Å². The molecule has 122 valence electrons. The smallest absolute Gasteiger partial charge is 0.0326 e. The van der Waals surface area contributed by atoms with Gasteiger partial charge in [-0.1, -0.05) is 82.1 Å². The van der Waals surface area contributed by atoms with Crippen molar-refractivity contribution in [1.29, 1.82) is 0 Å². The predicted octanol–water partition coefficient (Wildman–Crippen LogP) is 7.18. The van der Waals surface area contributed by atoms with Crippen molar-refractivity contribution in [2.24, 2.45) is 34.5 Å². The maximum absolute atomic E-state index is 2.49. The Bertz CT molecular complexity index is 254. The fourth-order valence-electron chi connectivity index (χ4n) is 3.59. The third-order valence-corrected chi connectivity index (χ3v) is 5.67. The third-order valence-electron chi connectivity index (χ3n) is 5.67. The van der Waals surface area contributed by atoms with E-state index in [0.717, 1.165) is 23.7 Å². The zero-order chi connectivity index (χ0) is 16.1. The molecule has 0 aliphatic heterocycles. The van der Waals surface area contributed by atoms with E-state index in [9.17, 15) is 0 Å². The Hall–Kier alpha value is 0. The Morgan fingerprint density at radius 1 is 0.850 bits per heavy atom. The van der Waals surface area contributed by atoms with Crippen LogP contribution in [0, 0.1) is 34.5 Å². The van der Waals surface area contributed by atoms with Crippen LogP contribution in [0.15, 0.2) is 0 Å². The minimum Gasteiger partial charge on any atom is -0.0651 e. The first-order valence-corrected chi connectivity index (χ1v) is 8.94. The maximum Gasteiger partial charge on any atom is -0.0326 e. The maximum atomic E-state index is 2.49. The molecule has 0 spiro atoms. The Morgan fingerprint density at radius 3 is 1.65 bits per heavy atom. The average Bonchev–Trinajstić information content (AvgIpc) is 2.31. The molecule has 0 aromatic heterocycles. The molecule has 0 heteroatoms. The summed E-state index contributed by atoms with van der Waals surface area (Å²) in [7, 11) is 0. The van der Waals surface area contributed by atoms with Crippen molar-refractivity contribution in [2.75, 3.05) is 0 Å². The van der Waals surface area contributed by atoms with E-state index in [1.807, 2.05) is 0 Å². The van der Waals surface area contributed by atoms with E-state index in [1.165, 1.54) is 25.7 Å². The van der Waals surface area contributed by atoms with Gasteiger partial charge < -0.3 is 0 Å². The molecule has 0 aliphatic carbocycles. The van der Waals surface area contributed by atoms with Crippen LogP contribution in [0.4, 0.5) is 0 Å². The van der Waals surface area contributed by atoms with Crippen LogP contribution in [0.3, 0.4) is 0 Å². The fraction of sp³-hybridized carbons (Fsp3) is 1.00. The van der Waals surface area contributed by atoms with Crippen molar-refractivity contribution < 1.29 is 0 Å². The third kappa shape index (κ3) is 6.64. The lowest BCUT2D eigenvalue weighted by atomic mass is 9.63. The fourth-order valence-corrected chi connectivity index (χ4v) is 3.59. The highest BCUT2D eigenvalue weighted by molar-refractivity contribution is 4.85. The molecule has 0 fully saturated rings. The van der Waals surface area contributed by atoms with E-state index < -0.39 is 0 Å². The number of hydrogen-bond acceptors (Lipinski definition) is 0. The van der Waals surface area contributed by atoms with Crippen molar-refractivity contribution in [2.45, 2.75) is 94.9 Å². The van der Waals surface area contributed by atoms with E-state index in [2.05, 4.69) is 69.2 Å². The molecule has 3 atom stereocenters. The van der Waals surface area contributed by atoms with Gasteiger partial charge in [-0.05, 0) is 47.3 Å². The van der Waals surface area contributed by atoms with Crippen LogP contribution < -0.4 is 0 Å². The van der Waals surface area contributed by atoms with E-state index >= 15 is 0 Å². The van der Waals surface area contributed by atoms with Gasteiger partial charge >= 0.3 is 0 Å². The van der Waals surface area contributed by atoms with Gasteiger partial charge in [-0.3, -0.25) is 0 Å². The zero-order valence-electron chi connectivity index (χ0n) is 16.1. The van der Waals surface area contributed by atoms with Gasteiger partial charge in [-0.25, -0.2) is 0 Å². The summed E-state index contributed by atoms with van der Waals surface area (Å²) < 4.78 is 0. The molecule has 0 aromatic carbocycles. The van der Waals surface area contributed by atoms with E-state index in [1.54, 1.807) is 0 Å². The lowest BCUT2D eigenvalue weighted by molar-refractivity contribution is 0.0760. The quantitative estimate of drug-likeness (QED) is 0.442. The van der Waals surface area contributed by atoms with Crippen LogP contribution in [0.25, 0.3) is 0 Å². The van der Waals surface area contributed by atoms with E-state index in [-0.39, 0.29) is 0 Å². The van der Waals surface area contributed by atoms with Crippen molar-refractivity contribution in [1.82, 2.24) is 0 Å². The lowest BCUT2D eigenvalue weighted by Crippen LogP contribution is -2.33. The highest BCUT2D eigenvalue weighted by Crippen LogP contribution is 2.44. The minimum absolute atomic E-state index is 0.461. The summed E-state index contributed by atoms with van der Waals surface area (Å²) in [6, 6.07) is 0. The molecule has 0 N–H and O–H groups in total. The van der Waals surface area contributed by atoms with Crippen LogP contribution in [0.2, 0.25) is 0 Å². The molecule has 0 bridgehead atoms. The van der Waals surface area contributed by atoms with Gasteiger partial charge in [-0.15, -0.1) is 0 Å².